The zero-order chi connectivity index (χ0) is 19.4. The summed E-state index contributed by atoms with van der Waals surface area (Å²) in [5, 5.41) is 9.68. The van der Waals surface area contributed by atoms with Gasteiger partial charge in [-0.1, -0.05) is 47.0 Å². The van der Waals surface area contributed by atoms with Gasteiger partial charge in [-0.25, -0.2) is 0 Å². The molecule has 1 heterocycles. The van der Waals surface area contributed by atoms with Crippen molar-refractivity contribution in [1.82, 2.24) is 0 Å². The average molecular weight is 399 g/mol. The molecule has 0 amide bonds. The minimum atomic E-state index is -3.99. The van der Waals surface area contributed by atoms with Gasteiger partial charge in [-0.15, -0.1) is 4.28 Å². The molecule has 0 saturated carbocycles. The highest BCUT2D eigenvalue weighted by molar-refractivity contribution is 7.92. The first-order chi connectivity index (χ1) is 12.9. The molecule has 5 nitrogen and oxygen atoms in total. The van der Waals surface area contributed by atoms with Gasteiger partial charge in [0.25, 0.3) is 0 Å². The van der Waals surface area contributed by atoms with E-state index in [1.807, 2.05) is 43.3 Å². The molecule has 138 valence electrons. The standard InChI is InChI=1S/C20H18N2O3S2/c1-15-7-5-9-17(13-15)27(23,24)25-22-26-12-6-11-20(26)19(14-21)18-10-4-3-8-16(18)2/h3-11,13H,12H2,1-2H3. The second kappa shape index (κ2) is 8.01. The molecular formula is C20H18N2O3S2. The lowest BCUT2D eigenvalue weighted by Gasteiger charge is -2.08. The Hall–Kier alpha value is -2.53. The van der Waals surface area contributed by atoms with E-state index in [1.54, 1.807) is 19.1 Å². The van der Waals surface area contributed by atoms with Gasteiger partial charge in [0.15, 0.2) is 0 Å². The predicted molar refractivity (Wildman–Crippen MR) is 107 cm³/mol. The van der Waals surface area contributed by atoms with E-state index in [4.69, 9.17) is 4.28 Å². The topological polar surface area (TPSA) is 79.5 Å². The van der Waals surface area contributed by atoms with Crippen LogP contribution in [0.15, 0.2) is 75.0 Å². The Morgan fingerprint density at radius 2 is 1.96 bits per heavy atom. The Morgan fingerprint density at radius 1 is 1.19 bits per heavy atom. The third-order valence-electron chi connectivity index (χ3n) is 4.05. The number of hydrogen-bond donors (Lipinski definition) is 0. The van der Waals surface area contributed by atoms with Crippen molar-refractivity contribution in [1.29, 1.82) is 5.26 Å². The summed E-state index contributed by atoms with van der Waals surface area (Å²) < 4.78 is 33.7. The van der Waals surface area contributed by atoms with Gasteiger partial charge in [0.1, 0.15) is 6.07 Å². The Balaban J connectivity index is 1.97. The van der Waals surface area contributed by atoms with Gasteiger partial charge >= 0.3 is 10.1 Å². The molecule has 0 bridgehead atoms. The van der Waals surface area contributed by atoms with Crippen molar-refractivity contribution in [2.24, 2.45) is 4.53 Å². The summed E-state index contributed by atoms with van der Waals surface area (Å²) in [7, 11) is -4.85. The van der Waals surface area contributed by atoms with E-state index in [2.05, 4.69) is 10.6 Å². The third-order valence-corrected chi connectivity index (χ3v) is 6.85. The van der Waals surface area contributed by atoms with Crippen molar-refractivity contribution >= 4 is 26.4 Å². The van der Waals surface area contributed by atoms with Crippen molar-refractivity contribution in [2.45, 2.75) is 18.7 Å². The second-order valence-electron chi connectivity index (χ2n) is 6.02. The van der Waals surface area contributed by atoms with Gasteiger partial charge in [-0.2, -0.15) is 13.7 Å². The van der Waals surface area contributed by atoms with Gasteiger partial charge in [-0.3, -0.25) is 0 Å². The van der Waals surface area contributed by atoms with Crippen molar-refractivity contribution in [3.63, 3.8) is 0 Å². The van der Waals surface area contributed by atoms with Crippen molar-refractivity contribution in [2.75, 3.05) is 5.75 Å². The first kappa shape index (κ1) is 19.2. The number of benzene rings is 2. The third kappa shape index (κ3) is 4.25. The van der Waals surface area contributed by atoms with Crippen LogP contribution in [0.25, 0.3) is 5.57 Å². The van der Waals surface area contributed by atoms with Gasteiger partial charge in [0.05, 0.1) is 10.5 Å². The maximum atomic E-state index is 12.4. The van der Waals surface area contributed by atoms with E-state index in [0.29, 0.717) is 16.2 Å². The summed E-state index contributed by atoms with van der Waals surface area (Å²) in [6.45, 7) is 3.74. The number of hydrogen-bond acceptors (Lipinski definition) is 5. The summed E-state index contributed by atoms with van der Waals surface area (Å²) >= 11 is 0. The second-order valence-corrected chi connectivity index (χ2v) is 9.20. The highest BCUT2D eigenvalue weighted by atomic mass is 32.2. The van der Waals surface area contributed by atoms with Crippen LogP contribution in [0, 0.1) is 25.2 Å². The molecule has 1 aliphatic heterocycles. The normalized spacial score (nSPS) is 18.5. The van der Waals surface area contributed by atoms with Crippen LogP contribution >= 0.6 is 0 Å². The lowest BCUT2D eigenvalue weighted by Crippen LogP contribution is -2.05. The van der Waals surface area contributed by atoms with E-state index >= 15 is 0 Å². The van der Waals surface area contributed by atoms with Gasteiger partial charge < -0.3 is 0 Å². The summed E-state index contributed by atoms with van der Waals surface area (Å²) in [5.74, 6) is 0.510. The van der Waals surface area contributed by atoms with Gasteiger partial charge in [-0.05, 0) is 59.4 Å². The molecule has 0 aliphatic carbocycles. The predicted octanol–water partition coefficient (Wildman–Crippen LogP) is 4.23. The molecule has 2 aromatic carbocycles. The van der Waals surface area contributed by atoms with Crippen LogP contribution < -0.4 is 0 Å². The molecule has 0 spiro atoms. The monoisotopic (exact) mass is 398 g/mol. The summed E-state index contributed by atoms with van der Waals surface area (Å²) in [5.41, 5.74) is 3.09. The van der Waals surface area contributed by atoms with Crippen LogP contribution in [0.1, 0.15) is 16.7 Å². The summed E-state index contributed by atoms with van der Waals surface area (Å²) in [6.07, 6.45) is 3.69. The number of nitriles is 1. The number of nitrogens with zero attached hydrogens (tertiary/aromatic N) is 2. The largest absolute Gasteiger partial charge is 0.319 e. The fraction of sp³-hybridized carbons (Fsp3) is 0.150. The highest BCUT2D eigenvalue weighted by Crippen LogP contribution is 2.29. The van der Waals surface area contributed by atoms with E-state index in [-0.39, 0.29) is 4.90 Å². The molecule has 0 fully saturated rings. The zero-order valence-electron chi connectivity index (χ0n) is 14.9. The maximum Gasteiger partial charge on any atom is 0.319 e. The SMILES string of the molecule is Cc1cccc(S(=O)(=O)ON=S2CC=CC2=C(C#N)c2ccccc2C)c1. The van der Waals surface area contributed by atoms with Crippen molar-refractivity contribution in [3.05, 3.63) is 82.3 Å². The zero-order valence-corrected chi connectivity index (χ0v) is 16.5. The Kier molecular flexibility index (Phi) is 5.71. The van der Waals surface area contributed by atoms with Gasteiger partial charge in [0, 0.05) is 10.7 Å². The molecule has 0 saturated heterocycles. The van der Waals surface area contributed by atoms with Crippen LogP contribution in [-0.4, -0.2) is 14.2 Å². The van der Waals surface area contributed by atoms with Crippen LogP contribution in [-0.2, 0) is 25.1 Å². The molecular weight excluding hydrogens is 380 g/mol. The van der Waals surface area contributed by atoms with Gasteiger partial charge in [0.2, 0.25) is 0 Å². The smallest absolute Gasteiger partial charge is 0.192 e. The average Bonchev–Trinajstić information content (AvgIpc) is 3.11. The molecule has 1 atom stereocenters. The van der Waals surface area contributed by atoms with E-state index < -0.39 is 20.8 Å². The number of aryl methyl sites for hydroxylation is 2. The van der Waals surface area contributed by atoms with Crippen LogP contribution in [0.4, 0.5) is 0 Å². The fourth-order valence-electron chi connectivity index (χ4n) is 2.68. The van der Waals surface area contributed by atoms with E-state index in [0.717, 1.165) is 16.7 Å². The lowest BCUT2D eigenvalue weighted by molar-refractivity contribution is 0.346. The Morgan fingerprint density at radius 3 is 2.67 bits per heavy atom. The first-order valence-corrected chi connectivity index (χ1v) is 11.0. The Bertz CT molecular complexity index is 1120. The van der Waals surface area contributed by atoms with Crippen LogP contribution in [0.5, 0.6) is 0 Å². The van der Waals surface area contributed by atoms with Crippen LogP contribution in [0.3, 0.4) is 0 Å². The number of rotatable bonds is 4. The molecule has 3 rings (SSSR count). The lowest BCUT2D eigenvalue weighted by atomic mass is 10.0. The first-order valence-electron chi connectivity index (χ1n) is 8.21. The van der Waals surface area contributed by atoms with E-state index in [1.165, 1.54) is 12.1 Å². The molecule has 0 N–H and O–H groups in total. The molecule has 7 heteroatoms. The molecule has 1 unspecified atom stereocenters. The van der Waals surface area contributed by atoms with Crippen LogP contribution in [0.2, 0.25) is 0 Å². The molecule has 2 aromatic rings. The molecule has 27 heavy (non-hydrogen) atoms. The molecule has 1 aliphatic rings. The minimum absolute atomic E-state index is 0.0620. The summed E-state index contributed by atoms with van der Waals surface area (Å²) in [4.78, 5) is 0.748. The van der Waals surface area contributed by atoms with Crippen molar-refractivity contribution in [3.8, 4) is 6.07 Å². The Labute approximate surface area is 161 Å². The summed E-state index contributed by atoms with van der Waals surface area (Å²) in [6, 6.07) is 16.3. The van der Waals surface area contributed by atoms with Crippen molar-refractivity contribution < 1.29 is 12.7 Å². The quantitative estimate of drug-likeness (QED) is 0.570. The fourth-order valence-corrected chi connectivity index (χ4v) is 5.20. The number of allylic oxidation sites excluding steroid dienone is 2. The minimum Gasteiger partial charge on any atom is -0.192 e. The molecule has 0 aromatic heterocycles. The molecule has 0 radical (unpaired) electrons. The highest BCUT2D eigenvalue weighted by Gasteiger charge is 2.20. The maximum absolute atomic E-state index is 12.4. The van der Waals surface area contributed by atoms with E-state index in [9.17, 15) is 13.7 Å².